The van der Waals surface area contributed by atoms with Gasteiger partial charge >= 0.3 is 12.1 Å². The van der Waals surface area contributed by atoms with Crippen LogP contribution in [0.15, 0.2) is 41.3 Å². The molecule has 8 nitrogen and oxygen atoms in total. The number of aliphatic carboxylic acids is 1. The number of likely N-dealkylation sites (tertiary alicyclic amines) is 1. The lowest BCUT2D eigenvalue weighted by Gasteiger charge is -2.26. The average molecular weight is 456 g/mol. The zero-order chi connectivity index (χ0) is 23.4. The number of halogens is 3. The van der Waals surface area contributed by atoms with Crippen molar-refractivity contribution in [2.45, 2.75) is 19.7 Å². The number of rotatable bonds is 5. The van der Waals surface area contributed by atoms with Crippen molar-refractivity contribution in [3.8, 4) is 0 Å². The first-order valence-corrected chi connectivity index (χ1v) is 9.80. The second kappa shape index (κ2) is 9.70. The molecule has 0 aromatic carbocycles. The molecule has 1 amide bonds. The summed E-state index contributed by atoms with van der Waals surface area (Å²) in [6.45, 7) is 5.63. The number of amides is 1. The highest BCUT2D eigenvalue weighted by Crippen LogP contribution is 2.42. The fourth-order valence-corrected chi connectivity index (χ4v) is 3.78. The molecular weight excluding hydrogens is 433 g/mol. The summed E-state index contributed by atoms with van der Waals surface area (Å²) in [4.78, 5) is 27.6. The van der Waals surface area contributed by atoms with Crippen molar-refractivity contribution in [1.29, 1.82) is 0 Å². The highest BCUT2D eigenvalue weighted by atomic mass is 19.4. The van der Waals surface area contributed by atoms with Gasteiger partial charge in [-0.1, -0.05) is 6.07 Å². The van der Waals surface area contributed by atoms with Gasteiger partial charge in [0.1, 0.15) is 0 Å². The van der Waals surface area contributed by atoms with Crippen LogP contribution in [-0.4, -0.2) is 66.0 Å². The topological polar surface area (TPSA) is 102 Å². The minimum Gasteiger partial charge on any atom is -0.475 e. The molecule has 0 bridgehead atoms. The Balaban J connectivity index is 0.000000360. The van der Waals surface area contributed by atoms with Gasteiger partial charge in [-0.2, -0.15) is 13.2 Å². The summed E-state index contributed by atoms with van der Waals surface area (Å²) in [5, 5.41) is 7.12. The maximum Gasteiger partial charge on any atom is 0.490 e. The van der Waals surface area contributed by atoms with E-state index in [1.807, 2.05) is 36.2 Å². The van der Waals surface area contributed by atoms with Crippen molar-refractivity contribution in [2.24, 2.45) is 11.3 Å². The highest BCUT2D eigenvalue weighted by molar-refractivity contribution is 5.93. The van der Waals surface area contributed by atoms with E-state index in [1.165, 1.54) is 0 Å². The first kappa shape index (κ1) is 23.7. The van der Waals surface area contributed by atoms with E-state index in [-0.39, 0.29) is 11.3 Å². The van der Waals surface area contributed by atoms with Crippen LogP contribution in [0.25, 0.3) is 0 Å². The van der Waals surface area contributed by atoms with Crippen LogP contribution in [0, 0.1) is 18.3 Å². The first-order valence-electron chi connectivity index (χ1n) is 9.80. The third-order valence-corrected chi connectivity index (χ3v) is 5.49. The number of carboxylic acids is 1. The van der Waals surface area contributed by atoms with Crippen LogP contribution in [-0.2, 0) is 20.9 Å². The van der Waals surface area contributed by atoms with Gasteiger partial charge in [0.25, 0.3) is 5.91 Å². The van der Waals surface area contributed by atoms with E-state index in [0.717, 1.165) is 11.1 Å². The van der Waals surface area contributed by atoms with Crippen LogP contribution >= 0.6 is 0 Å². The van der Waals surface area contributed by atoms with Crippen LogP contribution in [0.4, 0.5) is 13.2 Å². The second-order valence-corrected chi connectivity index (χ2v) is 7.85. The number of carbonyl (C=O) groups is 2. The van der Waals surface area contributed by atoms with Crippen molar-refractivity contribution < 1.29 is 41.8 Å². The molecule has 2 aromatic heterocycles. The van der Waals surface area contributed by atoms with E-state index in [2.05, 4.69) is 4.98 Å². The van der Waals surface area contributed by atoms with Crippen molar-refractivity contribution in [3.05, 3.63) is 53.7 Å². The maximum atomic E-state index is 12.7. The Bertz CT molecular complexity index is 933. The first-order chi connectivity index (χ1) is 15.1. The molecule has 0 saturated carbocycles. The molecule has 0 aliphatic carbocycles. The Morgan fingerprint density at radius 1 is 1.38 bits per heavy atom. The summed E-state index contributed by atoms with van der Waals surface area (Å²) in [5.74, 6) is -2.05. The number of nitrogens with zero attached hydrogens (tertiary/aromatic N) is 2. The zero-order valence-electron chi connectivity index (χ0n) is 17.3. The Morgan fingerprint density at radius 2 is 2.12 bits per heavy atom. The smallest absolute Gasteiger partial charge is 0.475 e. The van der Waals surface area contributed by atoms with E-state index < -0.39 is 12.1 Å². The van der Waals surface area contributed by atoms with E-state index in [4.69, 9.17) is 23.8 Å². The van der Waals surface area contributed by atoms with Crippen LogP contribution in [0.3, 0.4) is 0 Å². The molecule has 0 unspecified atom stereocenters. The van der Waals surface area contributed by atoms with Gasteiger partial charge in [0.05, 0.1) is 32.7 Å². The third-order valence-electron chi connectivity index (χ3n) is 5.49. The minimum absolute atomic E-state index is 0.0384. The van der Waals surface area contributed by atoms with Gasteiger partial charge in [-0.15, -0.1) is 0 Å². The average Bonchev–Trinajstić information content (AvgIpc) is 3.42. The number of hydrogen-bond donors (Lipinski definition) is 1. The van der Waals surface area contributed by atoms with Crippen LogP contribution in [0.5, 0.6) is 0 Å². The molecule has 4 heterocycles. The predicted molar refractivity (Wildman–Crippen MR) is 104 cm³/mol. The number of alkyl halides is 3. The molecule has 2 aliphatic heterocycles. The fraction of sp³-hybridized carbons (Fsp3) is 0.476. The quantitative estimate of drug-likeness (QED) is 0.738. The van der Waals surface area contributed by atoms with Crippen LogP contribution in [0.1, 0.15) is 21.7 Å². The van der Waals surface area contributed by atoms with Gasteiger partial charge in [0.15, 0.2) is 5.76 Å². The molecule has 1 N–H and O–H groups in total. The van der Waals surface area contributed by atoms with E-state index >= 15 is 0 Å². The maximum absolute atomic E-state index is 12.7. The molecule has 32 heavy (non-hydrogen) atoms. The minimum atomic E-state index is -5.08. The number of fused-ring (bicyclic) bond motifs is 1. The summed E-state index contributed by atoms with van der Waals surface area (Å²) in [6.07, 6.45) is 0.0416. The van der Waals surface area contributed by atoms with Gasteiger partial charge in [-0.25, -0.2) is 4.79 Å². The van der Waals surface area contributed by atoms with Gasteiger partial charge in [0, 0.05) is 42.4 Å². The number of pyridine rings is 1. The number of aromatic nitrogens is 1. The molecule has 0 radical (unpaired) electrons. The monoisotopic (exact) mass is 456 g/mol. The predicted octanol–water partition coefficient (Wildman–Crippen LogP) is 2.92. The SMILES string of the molecule is Cc1ccoc1C(=O)N1C[C@@H]2COC[C@]2(COCc2cccnc2)C1.O=C(O)C(F)(F)F. The number of furan rings is 1. The molecule has 11 heteroatoms. The van der Waals surface area contributed by atoms with Gasteiger partial charge < -0.3 is 23.9 Å². The lowest BCUT2D eigenvalue weighted by atomic mass is 9.82. The zero-order valence-corrected chi connectivity index (χ0v) is 17.3. The summed E-state index contributed by atoms with van der Waals surface area (Å²) >= 11 is 0. The summed E-state index contributed by atoms with van der Waals surface area (Å²) < 4.78 is 48.8. The largest absolute Gasteiger partial charge is 0.490 e. The summed E-state index contributed by atoms with van der Waals surface area (Å²) in [7, 11) is 0. The Labute approximate surface area is 181 Å². The van der Waals surface area contributed by atoms with E-state index in [0.29, 0.717) is 51.2 Å². The van der Waals surface area contributed by atoms with Crippen molar-refractivity contribution in [1.82, 2.24) is 9.88 Å². The molecule has 2 aromatic rings. The molecular formula is C21H23F3N2O6. The van der Waals surface area contributed by atoms with Crippen molar-refractivity contribution in [3.63, 3.8) is 0 Å². The molecule has 0 spiro atoms. The molecule has 174 valence electrons. The number of hydrogen-bond acceptors (Lipinski definition) is 6. The Morgan fingerprint density at radius 3 is 2.72 bits per heavy atom. The van der Waals surface area contributed by atoms with E-state index in [9.17, 15) is 18.0 Å². The lowest BCUT2D eigenvalue weighted by molar-refractivity contribution is -0.192. The number of ether oxygens (including phenoxy) is 2. The number of carboxylic acid groups (broad SMARTS) is 1. The van der Waals surface area contributed by atoms with Crippen LogP contribution < -0.4 is 0 Å². The van der Waals surface area contributed by atoms with E-state index in [1.54, 1.807) is 12.5 Å². The summed E-state index contributed by atoms with van der Waals surface area (Å²) in [5.41, 5.74) is 1.80. The van der Waals surface area contributed by atoms with Gasteiger partial charge in [0.2, 0.25) is 0 Å². The van der Waals surface area contributed by atoms with Crippen molar-refractivity contribution in [2.75, 3.05) is 32.9 Å². The number of carbonyl (C=O) groups excluding carboxylic acids is 1. The standard InChI is InChI=1S/C19H22N2O4.C2HF3O2/c1-14-4-6-25-17(14)18(22)21-8-16-10-24-13-19(16,11-21)12-23-9-15-3-2-5-20-7-15;3-2(4,5)1(6)7/h2-7,16H,8-13H2,1H3;(H,6,7)/t16-,19-;/m1./s1. The van der Waals surface area contributed by atoms with Gasteiger partial charge in [-0.3, -0.25) is 9.78 Å². The second-order valence-electron chi connectivity index (χ2n) is 7.85. The lowest BCUT2D eigenvalue weighted by Crippen LogP contribution is -2.37. The van der Waals surface area contributed by atoms with Crippen molar-refractivity contribution >= 4 is 11.9 Å². The highest BCUT2D eigenvalue weighted by Gasteiger charge is 2.52. The molecule has 2 saturated heterocycles. The Hall–Kier alpha value is -2.92. The molecule has 4 rings (SSSR count). The molecule has 2 aliphatic rings. The Kier molecular flexibility index (Phi) is 7.19. The molecule has 2 atom stereocenters. The van der Waals surface area contributed by atoms with Crippen LogP contribution in [0.2, 0.25) is 0 Å². The normalized spacial score (nSPS) is 22.2. The third kappa shape index (κ3) is 5.46. The molecule has 2 fully saturated rings. The number of aryl methyl sites for hydroxylation is 1. The summed E-state index contributed by atoms with van der Waals surface area (Å²) in [6, 6.07) is 5.72. The fourth-order valence-electron chi connectivity index (χ4n) is 3.78. The van der Waals surface area contributed by atoms with Gasteiger partial charge in [-0.05, 0) is 24.6 Å².